The van der Waals surface area contributed by atoms with Crippen LogP contribution in [0.1, 0.15) is 38.6 Å². The monoisotopic (exact) mass is 363 g/mol. The van der Waals surface area contributed by atoms with Crippen LogP contribution in [0.4, 0.5) is 0 Å². The summed E-state index contributed by atoms with van der Waals surface area (Å²) in [5.41, 5.74) is 0.805. The Morgan fingerprint density at radius 3 is 2.84 bits per heavy atom. The van der Waals surface area contributed by atoms with Crippen LogP contribution in [-0.2, 0) is 9.53 Å². The Bertz CT molecular complexity index is 726. The molecular weight excluding hydrogens is 342 g/mol. The third kappa shape index (κ3) is 4.19. The fraction of sp³-hybridized carbons (Fsp3) is 0.500. The lowest BCUT2D eigenvalue weighted by Gasteiger charge is -2.33. The van der Waals surface area contributed by atoms with E-state index in [1.165, 1.54) is 0 Å². The summed E-state index contributed by atoms with van der Waals surface area (Å²) in [7, 11) is 0. The van der Waals surface area contributed by atoms with Gasteiger partial charge in [-0.15, -0.1) is 10.2 Å². The molecule has 0 radical (unpaired) electrons. The summed E-state index contributed by atoms with van der Waals surface area (Å²) in [5.74, 6) is 0.944. The predicted molar refractivity (Wildman–Crippen MR) is 94.1 cm³/mol. The molecule has 6 nitrogen and oxygen atoms in total. The van der Waals surface area contributed by atoms with E-state index in [1.807, 2.05) is 26.0 Å². The van der Waals surface area contributed by atoms with Gasteiger partial charge in [0.15, 0.2) is 0 Å². The summed E-state index contributed by atoms with van der Waals surface area (Å²) in [6.07, 6.45) is 1.58. The van der Waals surface area contributed by atoms with Crippen LogP contribution in [0.25, 0.3) is 11.5 Å². The second-order valence-corrected chi connectivity index (χ2v) is 6.63. The van der Waals surface area contributed by atoms with E-state index in [1.54, 1.807) is 12.1 Å². The van der Waals surface area contributed by atoms with E-state index in [2.05, 4.69) is 15.1 Å². The Labute approximate surface area is 152 Å². The molecule has 3 rings (SSSR count). The van der Waals surface area contributed by atoms with E-state index in [0.29, 0.717) is 23.4 Å². The van der Waals surface area contributed by atoms with Gasteiger partial charge in [0.2, 0.25) is 11.8 Å². The highest BCUT2D eigenvalue weighted by atomic mass is 35.5. The van der Waals surface area contributed by atoms with E-state index in [0.717, 1.165) is 31.5 Å². The Morgan fingerprint density at radius 1 is 1.40 bits per heavy atom. The fourth-order valence-electron chi connectivity index (χ4n) is 3.08. The summed E-state index contributed by atoms with van der Waals surface area (Å²) in [6.45, 7) is 5.92. The summed E-state index contributed by atoms with van der Waals surface area (Å²) in [6, 6.07) is 7.35. The van der Waals surface area contributed by atoms with Gasteiger partial charge in [-0.3, -0.25) is 9.69 Å². The van der Waals surface area contributed by atoms with E-state index in [4.69, 9.17) is 20.8 Å². The molecule has 2 heterocycles. The Kier molecular flexibility index (Phi) is 5.71. The molecule has 1 fully saturated rings. The number of ether oxygens (including phenoxy) is 1. The van der Waals surface area contributed by atoms with Crippen LogP contribution in [0.3, 0.4) is 0 Å². The second kappa shape index (κ2) is 7.97. The Morgan fingerprint density at radius 2 is 2.16 bits per heavy atom. The average molecular weight is 364 g/mol. The number of nitrogens with zero attached hydrogens (tertiary/aromatic N) is 3. The van der Waals surface area contributed by atoms with Crippen molar-refractivity contribution in [2.75, 3.05) is 19.7 Å². The van der Waals surface area contributed by atoms with E-state index < -0.39 is 0 Å². The molecule has 2 aromatic rings. The largest absolute Gasteiger partial charge is 0.466 e. The van der Waals surface area contributed by atoms with Crippen molar-refractivity contribution in [2.24, 2.45) is 5.92 Å². The normalized spacial score (nSPS) is 17.4. The first-order valence-electron chi connectivity index (χ1n) is 8.58. The minimum absolute atomic E-state index is 0.00331. The van der Waals surface area contributed by atoms with Crippen molar-refractivity contribution in [1.29, 1.82) is 0 Å². The topological polar surface area (TPSA) is 68.5 Å². The van der Waals surface area contributed by atoms with Crippen molar-refractivity contribution in [3.63, 3.8) is 0 Å². The average Bonchev–Trinajstić information content (AvgIpc) is 3.11. The second-order valence-electron chi connectivity index (χ2n) is 6.19. The van der Waals surface area contributed by atoms with Crippen LogP contribution in [0.2, 0.25) is 5.02 Å². The number of carbonyl (C=O) groups excluding carboxylic acids is 1. The zero-order chi connectivity index (χ0) is 17.8. The van der Waals surface area contributed by atoms with Gasteiger partial charge in [-0.1, -0.05) is 17.7 Å². The van der Waals surface area contributed by atoms with Gasteiger partial charge in [-0.2, -0.15) is 0 Å². The zero-order valence-electron chi connectivity index (χ0n) is 14.4. The lowest BCUT2D eigenvalue weighted by atomic mass is 9.96. The van der Waals surface area contributed by atoms with E-state index >= 15 is 0 Å². The number of piperidine rings is 1. The van der Waals surface area contributed by atoms with Crippen molar-refractivity contribution in [1.82, 2.24) is 15.1 Å². The van der Waals surface area contributed by atoms with Gasteiger partial charge in [-0.25, -0.2) is 0 Å². The molecular formula is C18H22ClN3O3. The molecule has 0 bridgehead atoms. The van der Waals surface area contributed by atoms with Crippen LogP contribution in [-0.4, -0.2) is 40.8 Å². The van der Waals surface area contributed by atoms with Crippen LogP contribution in [0.15, 0.2) is 28.7 Å². The molecule has 1 saturated heterocycles. The molecule has 1 aromatic heterocycles. The molecule has 134 valence electrons. The van der Waals surface area contributed by atoms with Gasteiger partial charge in [0.25, 0.3) is 0 Å². The minimum atomic E-state index is -0.0872. The number of likely N-dealkylation sites (tertiary alicyclic amines) is 1. The summed E-state index contributed by atoms with van der Waals surface area (Å²) in [5, 5.41) is 8.95. The highest BCUT2D eigenvalue weighted by molar-refractivity contribution is 6.30. The standard InChI is InChI=1S/C18H22ClN3O3/c1-3-24-18(23)13-7-9-22(10-8-13)12(2)16-20-21-17(25-16)14-5-4-6-15(19)11-14/h4-6,11-13H,3,7-10H2,1-2H3/t12-/m1/s1. The predicted octanol–water partition coefficient (Wildman–Crippen LogP) is 3.73. The van der Waals surface area contributed by atoms with Crippen molar-refractivity contribution in [3.8, 4) is 11.5 Å². The van der Waals surface area contributed by atoms with Crippen LogP contribution >= 0.6 is 11.6 Å². The number of hydrogen-bond donors (Lipinski definition) is 0. The number of halogens is 1. The molecule has 1 aromatic carbocycles. The molecule has 0 unspecified atom stereocenters. The summed E-state index contributed by atoms with van der Waals surface area (Å²) >= 11 is 6.01. The molecule has 7 heteroatoms. The van der Waals surface area contributed by atoms with E-state index in [9.17, 15) is 4.79 Å². The molecule has 0 N–H and O–H groups in total. The Balaban J connectivity index is 1.63. The van der Waals surface area contributed by atoms with Crippen LogP contribution in [0.5, 0.6) is 0 Å². The SMILES string of the molecule is CCOC(=O)C1CCN([C@H](C)c2nnc(-c3cccc(Cl)c3)o2)CC1. The maximum Gasteiger partial charge on any atom is 0.309 e. The number of carbonyl (C=O) groups is 1. The molecule has 0 saturated carbocycles. The van der Waals surface area contributed by atoms with Gasteiger partial charge in [0, 0.05) is 10.6 Å². The third-order valence-electron chi connectivity index (χ3n) is 4.57. The van der Waals surface area contributed by atoms with Gasteiger partial charge < -0.3 is 9.15 Å². The maximum absolute atomic E-state index is 11.8. The zero-order valence-corrected chi connectivity index (χ0v) is 15.2. The number of hydrogen-bond acceptors (Lipinski definition) is 6. The first kappa shape index (κ1) is 17.9. The van der Waals surface area contributed by atoms with Crippen LogP contribution in [0, 0.1) is 5.92 Å². The smallest absolute Gasteiger partial charge is 0.309 e. The molecule has 0 aliphatic carbocycles. The van der Waals surface area contributed by atoms with Gasteiger partial charge >= 0.3 is 5.97 Å². The van der Waals surface area contributed by atoms with Crippen LogP contribution < -0.4 is 0 Å². The van der Waals surface area contributed by atoms with Crippen molar-refractivity contribution in [3.05, 3.63) is 35.2 Å². The van der Waals surface area contributed by atoms with E-state index in [-0.39, 0.29) is 17.9 Å². The minimum Gasteiger partial charge on any atom is -0.466 e. The highest BCUT2D eigenvalue weighted by Crippen LogP contribution is 2.29. The molecule has 0 amide bonds. The first-order valence-corrected chi connectivity index (χ1v) is 8.96. The maximum atomic E-state index is 11.8. The molecule has 1 aliphatic heterocycles. The van der Waals surface area contributed by atoms with Crippen molar-refractivity contribution in [2.45, 2.75) is 32.7 Å². The number of esters is 1. The van der Waals surface area contributed by atoms with Gasteiger partial charge in [-0.05, 0) is 58.0 Å². The number of benzene rings is 1. The molecule has 0 spiro atoms. The van der Waals surface area contributed by atoms with Crippen molar-refractivity contribution < 1.29 is 13.9 Å². The quantitative estimate of drug-likeness (QED) is 0.754. The highest BCUT2D eigenvalue weighted by Gasteiger charge is 2.30. The molecule has 25 heavy (non-hydrogen) atoms. The van der Waals surface area contributed by atoms with Crippen molar-refractivity contribution >= 4 is 17.6 Å². The molecule has 1 aliphatic rings. The number of aromatic nitrogens is 2. The summed E-state index contributed by atoms with van der Waals surface area (Å²) < 4.78 is 11.0. The number of rotatable bonds is 5. The Hall–Kier alpha value is -1.92. The first-order chi connectivity index (χ1) is 12.1. The van der Waals surface area contributed by atoms with Gasteiger partial charge in [0.1, 0.15) is 0 Å². The fourth-order valence-corrected chi connectivity index (χ4v) is 3.27. The lowest BCUT2D eigenvalue weighted by molar-refractivity contribution is -0.149. The third-order valence-corrected chi connectivity index (χ3v) is 4.80. The summed E-state index contributed by atoms with van der Waals surface area (Å²) in [4.78, 5) is 14.1. The molecule has 1 atom stereocenters. The lowest BCUT2D eigenvalue weighted by Crippen LogP contribution is -2.38. The van der Waals surface area contributed by atoms with Gasteiger partial charge in [0.05, 0.1) is 18.6 Å².